The van der Waals surface area contributed by atoms with E-state index in [-0.39, 0.29) is 34.1 Å². The Morgan fingerprint density at radius 3 is 1.73 bits per heavy atom. The van der Waals surface area contributed by atoms with Crippen molar-refractivity contribution < 1.29 is 29.3 Å². The zero-order valence-electron chi connectivity index (χ0n) is 13.5. The highest BCUT2D eigenvalue weighted by Gasteiger charge is 2.12. The van der Waals surface area contributed by atoms with Crippen LogP contribution in [-0.2, 0) is 0 Å². The van der Waals surface area contributed by atoms with Gasteiger partial charge in [0, 0.05) is 6.07 Å². The minimum atomic E-state index is -0.605. The second-order valence-corrected chi connectivity index (χ2v) is 5.35. The summed E-state index contributed by atoms with van der Waals surface area (Å²) in [5.41, 5.74) is 0.549. The quantitative estimate of drug-likeness (QED) is 0.552. The highest BCUT2D eigenvalue weighted by molar-refractivity contribution is 5.92. The number of ether oxygens (including phenoxy) is 2. The number of carbonyl (C=O) groups excluding carboxylic acids is 2. The Morgan fingerprint density at radius 2 is 1.15 bits per heavy atom. The first-order chi connectivity index (χ1) is 12.5. The minimum Gasteiger partial charge on any atom is -0.508 e. The van der Waals surface area contributed by atoms with Gasteiger partial charge < -0.3 is 19.7 Å². The first kappa shape index (κ1) is 17.0. The van der Waals surface area contributed by atoms with Gasteiger partial charge in [-0.25, -0.2) is 9.59 Å². The Hall–Kier alpha value is -3.80. The van der Waals surface area contributed by atoms with Gasteiger partial charge >= 0.3 is 11.9 Å². The van der Waals surface area contributed by atoms with Gasteiger partial charge in [0.1, 0.15) is 23.0 Å². The van der Waals surface area contributed by atoms with Crippen molar-refractivity contribution in [1.29, 1.82) is 0 Å². The van der Waals surface area contributed by atoms with Crippen molar-refractivity contribution >= 4 is 11.9 Å². The van der Waals surface area contributed by atoms with Gasteiger partial charge in [-0.15, -0.1) is 0 Å². The molecule has 0 bridgehead atoms. The molecule has 3 aromatic rings. The molecule has 130 valence electrons. The number of aromatic hydroxyl groups is 2. The average Bonchev–Trinajstić information content (AvgIpc) is 2.63. The molecule has 3 rings (SSSR count). The van der Waals surface area contributed by atoms with E-state index < -0.39 is 11.9 Å². The van der Waals surface area contributed by atoms with Gasteiger partial charge in [0.25, 0.3) is 0 Å². The van der Waals surface area contributed by atoms with Crippen LogP contribution in [0.1, 0.15) is 20.7 Å². The van der Waals surface area contributed by atoms with Crippen molar-refractivity contribution in [3.8, 4) is 23.0 Å². The van der Waals surface area contributed by atoms with E-state index in [1.54, 1.807) is 12.1 Å². The van der Waals surface area contributed by atoms with Gasteiger partial charge in [0.05, 0.1) is 11.1 Å². The largest absolute Gasteiger partial charge is 0.508 e. The third-order valence-corrected chi connectivity index (χ3v) is 3.43. The lowest BCUT2D eigenvalue weighted by Gasteiger charge is -2.07. The number of rotatable bonds is 4. The van der Waals surface area contributed by atoms with Crippen LogP contribution < -0.4 is 9.47 Å². The summed E-state index contributed by atoms with van der Waals surface area (Å²) in [7, 11) is 0. The summed E-state index contributed by atoms with van der Waals surface area (Å²) < 4.78 is 10.4. The van der Waals surface area contributed by atoms with Crippen LogP contribution in [0.15, 0.2) is 72.8 Å². The number of hydrogen-bond acceptors (Lipinski definition) is 6. The van der Waals surface area contributed by atoms with E-state index in [4.69, 9.17) is 9.47 Å². The Bertz CT molecular complexity index is 929. The molecule has 0 fully saturated rings. The van der Waals surface area contributed by atoms with Gasteiger partial charge in [-0.3, -0.25) is 0 Å². The van der Waals surface area contributed by atoms with Crippen LogP contribution >= 0.6 is 0 Å². The third-order valence-electron chi connectivity index (χ3n) is 3.43. The van der Waals surface area contributed by atoms with Crippen molar-refractivity contribution in [2.24, 2.45) is 0 Å². The minimum absolute atomic E-state index is 0.00760. The summed E-state index contributed by atoms with van der Waals surface area (Å²) in [6.45, 7) is 0. The highest BCUT2D eigenvalue weighted by atomic mass is 16.5. The van der Waals surface area contributed by atoms with Crippen molar-refractivity contribution in [2.45, 2.75) is 0 Å². The second-order valence-electron chi connectivity index (χ2n) is 5.35. The van der Waals surface area contributed by atoms with Crippen LogP contribution in [0.25, 0.3) is 0 Å². The molecule has 0 aliphatic rings. The molecule has 0 atom stereocenters. The SMILES string of the molecule is O=C(Oc1ccc(C(=O)Oc2cccc(O)c2)cc1)c1ccc(O)cc1. The van der Waals surface area contributed by atoms with E-state index in [1.165, 1.54) is 60.7 Å². The van der Waals surface area contributed by atoms with Gasteiger partial charge in [0.2, 0.25) is 0 Å². The summed E-state index contributed by atoms with van der Waals surface area (Å²) in [6.07, 6.45) is 0. The fourth-order valence-electron chi connectivity index (χ4n) is 2.14. The van der Waals surface area contributed by atoms with Crippen LogP contribution in [0, 0.1) is 0 Å². The summed E-state index contributed by atoms with van der Waals surface area (Å²) >= 11 is 0. The Balaban J connectivity index is 1.65. The summed E-state index contributed by atoms with van der Waals surface area (Å²) in [5.74, 6) is -0.662. The maximum Gasteiger partial charge on any atom is 0.343 e. The molecule has 6 heteroatoms. The van der Waals surface area contributed by atoms with Crippen molar-refractivity contribution in [3.63, 3.8) is 0 Å². The van der Waals surface area contributed by atoms with Gasteiger partial charge in [-0.1, -0.05) is 6.07 Å². The Morgan fingerprint density at radius 1 is 0.615 bits per heavy atom. The molecule has 0 amide bonds. The predicted molar refractivity (Wildman–Crippen MR) is 92.6 cm³/mol. The Labute approximate surface area is 148 Å². The van der Waals surface area contributed by atoms with E-state index in [9.17, 15) is 19.8 Å². The maximum atomic E-state index is 12.1. The van der Waals surface area contributed by atoms with Crippen LogP contribution in [-0.4, -0.2) is 22.2 Å². The fourth-order valence-corrected chi connectivity index (χ4v) is 2.14. The molecule has 6 nitrogen and oxygen atoms in total. The number of phenols is 2. The van der Waals surface area contributed by atoms with Crippen LogP contribution in [0.5, 0.6) is 23.0 Å². The summed E-state index contributed by atoms with van der Waals surface area (Å²) in [5, 5.41) is 18.6. The number of benzene rings is 3. The monoisotopic (exact) mass is 350 g/mol. The summed E-state index contributed by atoms with van der Waals surface area (Å²) in [6, 6.07) is 17.4. The first-order valence-electron chi connectivity index (χ1n) is 7.64. The molecule has 0 aliphatic heterocycles. The molecule has 0 saturated heterocycles. The Kier molecular flexibility index (Phi) is 4.85. The standard InChI is InChI=1S/C20H14O6/c21-15-8-4-13(5-9-15)19(23)25-17-10-6-14(7-11-17)20(24)26-18-3-1-2-16(22)12-18/h1-12,21-22H. The normalized spacial score (nSPS) is 10.2. The zero-order chi connectivity index (χ0) is 18.5. The van der Waals surface area contributed by atoms with E-state index in [0.717, 1.165) is 0 Å². The van der Waals surface area contributed by atoms with Crippen LogP contribution in [0.2, 0.25) is 0 Å². The van der Waals surface area contributed by atoms with Gasteiger partial charge in [-0.05, 0) is 60.7 Å². The molecule has 0 spiro atoms. The molecular weight excluding hydrogens is 336 g/mol. The van der Waals surface area contributed by atoms with Crippen molar-refractivity contribution in [1.82, 2.24) is 0 Å². The lowest BCUT2D eigenvalue weighted by Crippen LogP contribution is -2.10. The molecular formula is C20H14O6. The molecule has 0 radical (unpaired) electrons. The predicted octanol–water partition coefficient (Wildman–Crippen LogP) is 3.54. The second kappa shape index (κ2) is 7.40. The molecule has 3 aromatic carbocycles. The third kappa shape index (κ3) is 4.18. The molecule has 0 heterocycles. The topological polar surface area (TPSA) is 93.1 Å². The van der Waals surface area contributed by atoms with Crippen LogP contribution in [0.4, 0.5) is 0 Å². The van der Waals surface area contributed by atoms with Crippen molar-refractivity contribution in [2.75, 3.05) is 0 Å². The van der Waals surface area contributed by atoms with E-state index in [1.807, 2.05) is 0 Å². The average molecular weight is 350 g/mol. The van der Waals surface area contributed by atoms with E-state index >= 15 is 0 Å². The zero-order valence-corrected chi connectivity index (χ0v) is 13.5. The highest BCUT2D eigenvalue weighted by Crippen LogP contribution is 2.20. The first-order valence-corrected chi connectivity index (χ1v) is 7.64. The molecule has 2 N–H and O–H groups in total. The number of hydrogen-bond donors (Lipinski definition) is 2. The van der Waals surface area contributed by atoms with Gasteiger partial charge in [0.15, 0.2) is 0 Å². The molecule has 0 aliphatic carbocycles. The molecule has 0 unspecified atom stereocenters. The number of esters is 2. The lowest BCUT2D eigenvalue weighted by molar-refractivity contribution is 0.0730. The molecule has 0 aromatic heterocycles. The maximum absolute atomic E-state index is 12.1. The fraction of sp³-hybridized carbons (Fsp3) is 0. The van der Waals surface area contributed by atoms with Gasteiger partial charge in [-0.2, -0.15) is 0 Å². The molecule has 26 heavy (non-hydrogen) atoms. The lowest BCUT2D eigenvalue weighted by atomic mass is 10.2. The number of phenolic OH excluding ortho intramolecular Hbond substituents is 2. The van der Waals surface area contributed by atoms with Crippen molar-refractivity contribution in [3.05, 3.63) is 83.9 Å². The summed E-state index contributed by atoms with van der Waals surface area (Å²) in [4.78, 5) is 24.1. The van der Waals surface area contributed by atoms with Crippen LogP contribution in [0.3, 0.4) is 0 Å². The molecule has 0 saturated carbocycles. The smallest absolute Gasteiger partial charge is 0.343 e. The van der Waals surface area contributed by atoms with E-state index in [2.05, 4.69) is 0 Å². The number of carbonyl (C=O) groups is 2. The van der Waals surface area contributed by atoms with E-state index in [0.29, 0.717) is 0 Å².